The molecule has 8 nitrogen and oxygen atoms in total. The van der Waals surface area contributed by atoms with Crippen LogP contribution in [0.5, 0.6) is 0 Å². The van der Waals surface area contributed by atoms with Crippen LogP contribution >= 0.6 is 0 Å². The van der Waals surface area contributed by atoms with Crippen LogP contribution in [0.15, 0.2) is 59.7 Å². The van der Waals surface area contributed by atoms with E-state index < -0.39 is 56.2 Å². The van der Waals surface area contributed by atoms with Gasteiger partial charge in [-0.3, -0.25) is 0 Å². The molecular formula is C34H8F2N8. The van der Waals surface area contributed by atoms with Gasteiger partial charge in [0, 0.05) is 44.5 Å². The highest BCUT2D eigenvalue weighted by atomic mass is 19.1. The van der Waals surface area contributed by atoms with Gasteiger partial charge in [-0.05, 0) is 35.4 Å². The van der Waals surface area contributed by atoms with Crippen molar-refractivity contribution in [2.45, 2.75) is 0 Å². The van der Waals surface area contributed by atoms with E-state index in [0.29, 0.717) is 0 Å². The number of nitrogens with zero attached hydrogens (tertiary/aromatic N) is 8. The van der Waals surface area contributed by atoms with Crippen molar-refractivity contribution in [1.29, 1.82) is 42.1 Å². The van der Waals surface area contributed by atoms with Gasteiger partial charge in [-0.15, -0.1) is 0 Å². The minimum atomic E-state index is -1.25. The Labute approximate surface area is 248 Å². The lowest BCUT2D eigenvalue weighted by molar-refractivity contribution is 0.590. The lowest BCUT2D eigenvalue weighted by Gasteiger charge is -2.14. The van der Waals surface area contributed by atoms with Gasteiger partial charge in [0.1, 0.15) is 59.2 Å². The summed E-state index contributed by atoms with van der Waals surface area (Å²) in [5.41, 5.74) is -4.88. The average molecular weight is 566 g/mol. The molecule has 198 valence electrons. The van der Waals surface area contributed by atoms with E-state index in [4.69, 9.17) is 0 Å². The molecule has 0 radical (unpaired) electrons. The maximum Gasteiger partial charge on any atom is 0.141 e. The molecule has 5 rings (SSSR count). The van der Waals surface area contributed by atoms with Crippen LogP contribution in [-0.2, 0) is 0 Å². The van der Waals surface area contributed by atoms with Crippen molar-refractivity contribution >= 4 is 33.4 Å². The standard InChI is InChI=1S/C34H8F2N8/c35-33-29-23(15-43)25(19-5-1-17(9-37)2-6-19)27(21(11-39)12-40)31(29)34(36)30-24(16-44)26(20-7-3-18(10-38)4-8-20)28(32(30)33)22(13-41)14-42/h1-8H. The van der Waals surface area contributed by atoms with E-state index in [-0.39, 0.29) is 44.5 Å². The third-order valence-electron chi connectivity index (χ3n) is 7.15. The Hall–Kier alpha value is -7.60. The van der Waals surface area contributed by atoms with Crippen LogP contribution in [0.1, 0.15) is 44.5 Å². The fourth-order valence-corrected chi connectivity index (χ4v) is 5.38. The van der Waals surface area contributed by atoms with Crippen LogP contribution in [0.3, 0.4) is 0 Å². The third kappa shape index (κ3) is 3.81. The molecule has 0 N–H and O–H groups in total. The zero-order valence-electron chi connectivity index (χ0n) is 22.0. The summed E-state index contributed by atoms with van der Waals surface area (Å²) in [5.74, 6) is -2.50. The molecule has 3 aromatic rings. The quantitative estimate of drug-likeness (QED) is 0.327. The molecule has 0 heterocycles. The molecule has 0 saturated carbocycles. The number of fused-ring (bicyclic) bond motifs is 2. The summed E-state index contributed by atoms with van der Waals surface area (Å²) in [4.78, 5) is 0. The molecule has 0 amide bonds. The van der Waals surface area contributed by atoms with Crippen molar-refractivity contribution in [3.05, 3.63) is 116 Å². The molecular weight excluding hydrogens is 558 g/mol. The second-order valence-electron chi connectivity index (χ2n) is 9.18. The predicted molar refractivity (Wildman–Crippen MR) is 150 cm³/mol. The van der Waals surface area contributed by atoms with Crippen LogP contribution in [-0.4, -0.2) is 0 Å². The molecule has 0 fully saturated rings. The van der Waals surface area contributed by atoms with Crippen molar-refractivity contribution in [2.24, 2.45) is 0 Å². The van der Waals surface area contributed by atoms with E-state index in [1.165, 1.54) is 48.5 Å². The van der Waals surface area contributed by atoms with Crippen LogP contribution in [0.2, 0.25) is 0 Å². The zero-order valence-corrected chi connectivity index (χ0v) is 22.0. The van der Waals surface area contributed by atoms with Gasteiger partial charge in [0.05, 0.1) is 34.4 Å². The van der Waals surface area contributed by atoms with E-state index in [0.717, 1.165) is 0 Å². The number of rotatable bonds is 2. The van der Waals surface area contributed by atoms with Gasteiger partial charge in [-0.1, -0.05) is 24.3 Å². The Bertz CT molecular complexity index is 2150. The SMILES string of the molecule is N#CC(C#N)=C1C(c2ccc(C#N)cc2)=C(C#N)c2c(F)c3c(c(F)c21)C(C#N)=C(c1ccc(C#N)cc1)C3=C(C#N)C#N. The van der Waals surface area contributed by atoms with E-state index in [1.807, 2.05) is 24.3 Å². The Morgan fingerprint density at radius 2 is 0.750 bits per heavy atom. The maximum absolute atomic E-state index is 16.9. The fraction of sp³-hybridized carbons (Fsp3) is 0. The number of benzene rings is 3. The first-order valence-electron chi connectivity index (χ1n) is 12.3. The van der Waals surface area contributed by atoms with Crippen molar-refractivity contribution in [2.75, 3.05) is 0 Å². The lowest BCUT2D eigenvalue weighted by Crippen LogP contribution is -2.05. The molecule has 0 saturated heterocycles. The van der Waals surface area contributed by atoms with Crippen LogP contribution < -0.4 is 0 Å². The molecule has 2 aliphatic carbocycles. The van der Waals surface area contributed by atoms with Gasteiger partial charge in [-0.25, -0.2) is 8.78 Å². The zero-order chi connectivity index (χ0) is 31.7. The predicted octanol–water partition coefficient (Wildman–Crippen LogP) is 6.21. The van der Waals surface area contributed by atoms with Gasteiger partial charge in [-0.2, -0.15) is 42.1 Å². The lowest BCUT2D eigenvalue weighted by atomic mass is 9.88. The van der Waals surface area contributed by atoms with Crippen LogP contribution in [0, 0.1) is 102 Å². The molecule has 3 aromatic carbocycles. The summed E-state index contributed by atoms with van der Waals surface area (Å²) in [6.07, 6.45) is 0. The Kier molecular flexibility index (Phi) is 6.83. The average Bonchev–Trinajstić information content (AvgIpc) is 3.59. The topological polar surface area (TPSA) is 190 Å². The van der Waals surface area contributed by atoms with E-state index in [1.54, 1.807) is 24.3 Å². The van der Waals surface area contributed by atoms with Crippen LogP contribution in [0.25, 0.3) is 33.4 Å². The summed E-state index contributed by atoms with van der Waals surface area (Å²) in [6.45, 7) is 0. The number of allylic oxidation sites excluding steroid dienone is 8. The fourth-order valence-electron chi connectivity index (χ4n) is 5.38. The molecule has 0 atom stereocenters. The summed E-state index contributed by atoms with van der Waals surface area (Å²) < 4.78 is 33.9. The molecule has 0 unspecified atom stereocenters. The molecule has 10 heteroatoms. The van der Waals surface area contributed by atoms with E-state index >= 15 is 8.78 Å². The first kappa shape index (κ1) is 27.9. The van der Waals surface area contributed by atoms with Gasteiger partial charge in [0.2, 0.25) is 0 Å². The molecule has 2 aliphatic rings. The highest BCUT2D eigenvalue weighted by molar-refractivity contribution is 6.30. The second-order valence-corrected chi connectivity index (χ2v) is 9.18. The molecule has 44 heavy (non-hydrogen) atoms. The smallest absolute Gasteiger partial charge is 0.141 e. The van der Waals surface area contributed by atoms with Crippen molar-refractivity contribution in [3.8, 4) is 48.6 Å². The van der Waals surface area contributed by atoms with Crippen LogP contribution in [0.4, 0.5) is 8.78 Å². The van der Waals surface area contributed by atoms with Crippen molar-refractivity contribution in [1.82, 2.24) is 0 Å². The van der Waals surface area contributed by atoms with Gasteiger partial charge < -0.3 is 0 Å². The molecule has 0 spiro atoms. The summed E-state index contributed by atoms with van der Waals surface area (Å²) >= 11 is 0. The van der Waals surface area contributed by atoms with Gasteiger partial charge >= 0.3 is 0 Å². The number of nitriles is 8. The number of halogens is 2. The van der Waals surface area contributed by atoms with E-state index in [9.17, 15) is 42.1 Å². The summed E-state index contributed by atoms with van der Waals surface area (Å²) in [6, 6.07) is 25.3. The van der Waals surface area contributed by atoms with Gasteiger partial charge in [0.25, 0.3) is 0 Å². The minimum absolute atomic E-state index is 0.146. The highest BCUT2D eigenvalue weighted by Crippen LogP contribution is 2.57. The second kappa shape index (κ2) is 10.8. The van der Waals surface area contributed by atoms with Crippen molar-refractivity contribution in [3.63, 3.8) is 0 Å². The number of hydrogen-bond acceptors (Lipinski definition) is 8. The Morgan fingerprint density at radius 3 is 1.00 bits per heavy atom. The summed E-state index contributed by atoms with van der Waals surface area (Å²) in [7, 11) is 0. The Balaban J connectivity index is 2.00. The monoisotopic (exact) mass is 566 g/mol. The minimum Gasteiger partial charge on any atom is -0.206 e. The first-order chi connectivity index (χ1) is 21.3. The third-order valence-corrected chi connectivity index (χ3v) is 7.15. The van der Waals surface area contributed by atoms with E-state index in [2.05, 4.69) is 0 Å². The van der Waals surface area contributed by atoms with Crippen molar-refractivity contribution < 1.29 is 8.78 Å². The first-order valence-corrected chi connectivity index (χ1v) is 12.3. The summed E-state index contributed by atoms with van der Waals surface area (Å²) in [5, 5.41) is 78.2. The largest absolute Gasteiger partial charge is 0.206 e. The molecule has 0 bridgehead atoms. The number of hydrogen-bond donors (Lipinski definition) is 0. The molecule has 0 aromatic heterocycles. The highest BCUT2D eigenvalue weighted by Gasteiger charge is 2.44. The Morgan fingerprint density at radius 1 is 0.432 bits per heavy atom. The normalized spacial score (nSPS) is 12.3. The molecule has 0 aliphatic heterocycles. The van der Waals surface area contributed by atoms with Gasteiger partial charge in [0.15, 0.2) is 0 Å². The maximum atomic E-state index is 16.9.